The number of alkyl halides is 3. The molecule has 2 aromatic carbocycles. The SMILES string of the molecule is COc1cc(NC(=O)c2cc3n(n2)[C@@H](C(F)(F)F)C[C@H](c2ccc(Br)cc2)N3)cc(OC)c1OC. The van der Waals surface area contributed by atoms with E-state index in [-0.39, 0.29) is 17.9 Å². The fourth-order valence-corrected chi connectivity index (χ4v) is 4.21. The molecule has 0 unspecified atom stereocenters. The molecule has 3 aromatic rings. The number of carbonyl (C=O) groups excluding carboxylic acids is 1. The quantitative estimate of drug-likeness (QED) is 0.413. The Hall–Kier alpha value is -3.41. The molecule has 0 fully saturated rings. The Morgan fingerprint density at radius 3 is 2.26 bits per heavy atom. The lowest BCUT2D eigenvalue weighted by molar-refractivity contribution is -0.173. The second-order valence-corrected chi connectivity index (χ2v) is 8.68. The first kappa shape index (κ1) is 24.7. The molecule has 4 rings (SSSR count). The van der Waals surface area contributed by atoms with Crippen LogP contribution >= 0.6 is 15.9 Å². The van der Waals surface area contributed by atoms with Crippen molar-refractivity contribution in [1.29, 1.82) is 0 Å². The number of anilines is 2. The normalized spacial score (nSPS) is 17.2. The Kier molecular flexibility index (Phi) is 6.84. The Morgan fingerprint density at radius 2 is 1.71 bits per heavy atom. The van der Waals surface area contributed by atoms with Gasteiger partial charge in [0.25, 0.3) is 5.91 Å². The van der Waals surface area contributed by atoms with E-state index in [1.54, 1.807) is 24.3 Å². The summed E-state index contributed by atoms with van der Waals surface area (Å²) in [6.45, 7) is 0. The summed E-state index contributed by atoms with van der Waals surface area (Å²) < 4.78 is 59.2. The first-order chi connectivity index (χ1) is 16.6. The van der Waals surface area contributed by atoms with Crippen molar-refractivity contribution in [2.45, 2.75) is 24.7 Å². The molecular weight excluding hydrogens is 533 g/mol. The maximum absolute atomic E-state index is 13.9. The van der Waals surface area contributed by atoms with Gasteiger partial charge in [0.1, 0.15) is 5.82 Å². The molecule has 0 saturated heterocycles. The van der Waals surface area contributed by atoms with Gasteiger partial charge in [-0.25, -0.2) is 4.68 Å². The molecular formula is C23H22BrF3N4O4. The highest BCUT2D eigenvalue weighted by molar-refractivity contribution is 9.10. The number of nitrogens with one attached hydrogen (secondary N) is 2. The van der Waals surface area contributed by atoms with E-state index < -0.39 is 24.2 Å². The van der Waals surface area contributed by atoms with Crippen molar-refractivity contribution in [2.24, 2.45) is 0 Å². The van der Waals surface area contributed by atoms with E-state index in [4.69, 9.17) is 14.2 Å². The average Bonchev–Trinajstić information content (AvgIpc) is 3.27. The predicted molar refractivity (Wildman–Crippen MR) is 126 cm³/mol. The summed E-state index contributed by atoms with van der Waals surface area (Å²) in [5.74, 6) is 0.358. The first-order valence-electron chi connectivity index (χ1n) is 10.4. The lowest BCUT2D eigenvalue weighted by Gasteiger charge is -2.33. The minimum Gasteiger partial charge on any atom is -0.493 e. The number of aromatic nitrogens is 2. The number of benzene rings is 2. The Bertz CT molecular complexity index is 1210. The van der Waals surface area contributed by atoms with Crippen molar-refractivity contribution in [3.05, 3.63) is 58.2 Å². The smallest absolute Gasteiger partial charge is 0.410 e. The molecule has 0 aliphatic carbocycles. The van der Waals surface area contributed by atoms with E-state index in [9.17, 15) is 18.0 Å². The fourth-order valence-electron chi connectivity index (χ4n) is 3.95. The lowest BCUT2D eigenvalue weighted by atomic mass is 9.97. The molecule has 0 bridgehead atoms. The average molecular weight is 555 g/mol. The van der Waals surface area contributed by atoms with Crippen molar-refractivity contribution >= 4 is 33.3 Å². The molecule has 1 aromatic heterocycles. The third-order valence-electron chi connectivity index (χ3n) is 5.62. The van der Waals surface area contributed by atoms with Gasteiger partial charge in [-0.15, -0.1) is 0 Å². The van der Waals surface area contributed by atoms with Gasteiger partial charge < -0.3 is 24.8 Å². The van der Waals surface area contributed by atoms with Crippen molar-refractivity contribution < 1.29 is 32.2 Å². The van der Waals surface area contributed by atoms with Gasteiger partial charge in [-0.2, -0.15) is 18.3 Å². The molecule has 2 heterocycles. The minimum absolute atomic E-state index is 0.0986. The maximum Gasteiger partial charge on any atom is 0.410 e. The highest BCUT2D eigenvalue weighted by Gasteiger charge is 2.46. The second kappa shape index (κ2) is 9.68. The second-order valence-electron chi connectivity index (χ2n) is 7.77. The fraction of sp³-hybridized carbons (Fsp3) is 0.304. The summed E-state index contributed by atoms with van der Waals surface area (Å²) in [4.78, 5) is 12.9. The number of carbonyl (C=O) groups is 1. The number of methoxy groups -OCH3 is 3. The Balaban J connectivity index is 1.64. The maximum atomic E-state index is 13.9. The summed E-state index contributed by atoms with van der Waals surface area (Å²) in [5, 5.41) is 9.68. The number of hydrogen-bond acceptors (Lipinski definition) is 6. The molecule has 1 amide bonds. The molecule has 2 atom stereocenters. The predicted octanol–water partition coefficient (Wildman–Crippen LogP) is 5.58. The van der Waals surface area contributed by atoms with Gasteiger partial charge in [0.15, 0.2) is 23.2 Å². The van der Waals surface area contributed by atoms with Crippen LogP contribution in [0.25, 0.3) is 0 Å². The molecule has 8 nitrogen and oxygen atoms in total. The van der Waals surface area contributed by atoms with E-state index in [2.05, 4.69) is 31.7 Å². The van der Waals surface area contributed by atoms with Gasteiger partial charge in [-0.3, -0.25) is 4.79 Å². The first-order valence-corrected chi connectivity index (χ1v) is 11.2. The topological polar surface area (TPSA) is 86.6 Å². The summed E-state index contributed by atoms with van der Waals surface area (Å²) in [7, 11) is 4.30. The van der Waals surface area contributed by atoms with Gasteiger partial charge in [0, 0.05) is 34.8 Å². The van der Waals surface area contributed by atoms with Crippen LogP contribution in [0.1, 0.15) is 34.6 Å². The van der Waals surface area contributed by atoms with Gasteiger partial charge in [-0.1, -0.05) is 28.1 Å². The van der Waals surface area contributed by atoms with Gasteiger partial charge in [0.2, 0.25) is 5.75 Å². The van der Waals surface area contributed by atoms with E-state index in [1.165, 1.54) is 39.5 Å². The molecule has 1 aliphatic heterocycles. The Morgan fingerprint density at radius 1 is 1.09 bits per heavy atom. The zero-order chi connectivity index (χ0) is 25.3. The van der Waals surface area contributed by atoms with Gasteiger partial charge >= 0.3 is 6.18 Å². The molecule has 0 saturated carbocycles. The summed E-state index contributed by atoms with van der Waals surface area (Å²) in [5.41, 5.74) is 0.814. The van der Waals surface area contributed by atoms with Crippen LogP contribution in [0, 0.1) is 0 Å². The summed E-state index contributed by atoms with van der Waals surface area (Å²) in [6.07, 6.45) is -4.82. The van der Waals surface area contributed by atoms with E-state index in [0.29, 0.717) is 28.5 Å². The molecule has 12 heteroatoms. The number of ether oxygens (including phenoxy) is 3. The van der Waals surface area contributed by atoms with E-state index >= 15 is 0 Å². The van der Waals surface area contributed by atoms with E-state index in [0.717, 1.165) is 9.15 Å². The van der Waals surface area contributed by atoms with Crippen molar-refractivity contribution in [3.8, 4) is 17.2 Å². The zero-order valence-corrected chi connectivity index (χ0v) is 20.5. The van der Waals surface area contributed by atoms with Crippen LogP contribution in [0.3, 0.4) is 0 Å². The summed E-state index contributed by atoms with van der Waals surface area (Å²) in [6, 6.07) is 8.85. The van der Waals surface area contributed by atoms with E-state index in [1.807, 2.05) is 0 Å². The summed E-state index contributed by atoms with van der Waals surface area (Å²) >= 11 is 3.33. The van der Waals surface area contributed by atoms with Crippen LogP contribution in [-0.2, 0) is 0 Å². The van der Waals surface area contributed by atoms with Crippen LogP contribution in [0.5, 0.6) is 17.2 Å². The number of nitrogens with zero attached hydrogens (tertiary/aromatic N) is 2. The monoisotopic (exact) mass is 554 g/mol. The number of hydrogen-bond donors (Lipinski definition) is 2. The molecule has 1 aliphatic rings. The van der Waals surface area contributed by atoms with Gasteiger partial charge in [-0.05, 0) is 17.7 Å². The highest BCUT2D eigenvalue weighted by atomic mass is 79.9. The van der Waals surface area contributed by atoms with Crippen molar-refractivity contribution in [3.63, 3.8) is 0 Å². The van der Waals surface area contributed by atoms with Crippen LogP contribution in [0.15, 0.2) is 46.9 Å². The number of amides is 1. The lowest BCUT2D eigenvalue weighted by Crippen LogP contribution is -2.35. The van der Waals surface area contributed by atoms with Crippen molar-refractivity contribution in [2.75, 3.05) is 32.0 Å². The van der Waals surface area contributed by atoms with Crippen LogP contribution in [0.4, 0.5) is 24.7 Å². The van der Waals surface area contributed by atoms with Crippen LogP contribution in [-0.4, -0.2) is 43.2 Å². The van der Waals surface area contributed by atoms with Crippen molar-refractivity contribution in [1.82, 2.24) is 9.78 Å². The third-order valence-corrected chi connectivity index (χ3v) is 6.15. The molecule has 0 radical (unpaired) electrons. The highest BCUT2D eigenvalue weighted by Crippen LogP contribution is 2.44. The largest absolute Gasteiger partial charge is 0.493 e. The van der Waals surface area contributed by atoms with Gasteiger partial charge in [0.05, 0.1) is 27.4 Å². The van der Waals surface area contributed by atoms with Crippen LogP contribution in [0.2, 0.25) is 0 Å². The molecule has 2 N–H and O–H groups in total. The number of rotatable bonds is 6. The number of fused-ring (bicyclic) bond motifs is 1. The minimum atomic E-state index is -4.55. The molecule has 35 heavy (non-hydrogen) atoms. The molecule has 0 spiro atoms. The number of halogens is 4. The third kappa shape index (κ3) is 5.02. The standard InChI is InChI=1S/C23H22BrF3N4O4/c1-33-17-8-14(9-18(34-2)21(17)35-3)28-22(32)16-11-20-29-15(12-4-6-13(24)7-5-12)10-19(23(25,26)27)31(20)30-16/h4-9,11,15,19,29H,10H2,1-3H3,(H,28,32)/t15-,19-/m1/s1. The zero-order valence-electron chi connectivity index (χ0n) is 18.9. The van der Waals surface area contributed by atoms with Crippen LogP contribution < -0.4 is 24.8 Å². The molecule has 186 valence electrons. The Labute approximate surface area is 207 Å².